The van der Waals surface area contributed by atoms with Gasteiger partial charge < -0.3 is 9.72 Å². The van der Waals surface area contributed by atoms with Crippen molar-refractivity contribution in [3.8, 4) is 0 Å². The number of halogens is 1. The van der Waals surface area contributed by atoms with Crippen LogP contribution in [0.5, 0.6) is 0 Å². The van der Waals surface area contributed by atoms with Crippen molar-refractivity contribution >= 4 is 49.1 Å². The molecule has 1 atom stereocenters. The number of benzene rings is 2. The van der Waals surface area contributed by atoms with E-state index in [0.29, 0.717) is 20.8 Å². The molecule has 0 amide bonds. The Hall–Kier alpha value is -2.20. The second-order valence-electron chi connectivity index (χ2n) is 5.88. The molecule has 0 saturated heterocycles. The molecular weight excluding hydrogens is 424 g/mol. The minimum Gasteiger partial charge on any atom is -0.466 e. The molecule has 0 spiro atoms. The summed E-state index contributed by atoms with van der Waals surface area (Å²) in [5.74, 6) is -0.547. The highest BCUT2D eigenvalue weighted by Gasteiger charge is 2.26. The molecule has 28 heavy (non-hydrogen) atoms. The summed E-state index contributed by atoms with van der Waals surface area (Å²) in [6.45, 7) is 1.86. The third-order valence-electron chi connectivity index (χ3n) is 3.96. The molecule has 1 unspecified atom stereocenters. The molecule has 0 aliphatic rings. The predicted molar refractivity (Wildman–Crippen MR) is 108 cm³/mol. The minimum absolute atomic E-state index is 0.0174. The molecule has 2 aromatic carbocycles. The molecule has 0 aliphatic heterocycles. The Morgan fingerprint density at radius 3 is 2.75 bits per heavy atom. The molecule has 7 nitrogen and oxygen atoms in total. The molecule has 3 aromatic rings. The predicted octanol–water partition coefficient (Wildman–Crippen LogP) is 3.22. The van der Waals surface area contributed by atoms with Crippen molar-refractivity contribution in [2.75, 3.05) is 6.61 Å². The number of carbonyl (C=O) groups excluding carboxylic acids is 1. The maximum atomic E-state index is 12.9. The van der Waals surface area contributed by atoms with Crippen LogP contribution in [0.1, 0.15) is 24.9 Å². The number of aromatic amines is 1. The topological polar surface area (TPSA) is 105 Å². The van der Waals surface area contributed by atoms with Crippen LogP contribution in [0.15, 0.2) is 52.2 Å². The average Bonchev–Trinajstić information content (AvgIpc) is 3.00. The van der Waals surface area contributed by atoms with Gasteiger partial charge >= 0.3 is 10.8 Å². The molecule has 0 radical (unpaired) electrons. The van der Waals surface area contributed by atoms with Crippen LogP contribution < -0.4 is 9.60 Å². The number of thiazole rings is 1. The zero-order valence-electron chi connectivity index (χ0n) is 14.8. The van der Waals surface area contributed by atoms with E-state index in [1.165, 1.54) is 18.2 Å². The van der Waals surface area contributed by atoms with E-state index in [4.69, 9.17) is 16.3 Å². The van der Waals surface area contributed by atoms with Crippen molar-refractivity contribution in [3.63, 3.8) is 0 Å². The van der Waals surface area contributed by atoms with Crippen LogP contribution in [0.4, 0.5) is 0 Å². The van der Waals surface area contributed by atoms with Gasteiger partial charge in [0.15, 0.2) is 0 Å². The normalized spacial score (nSPS) is 12.8. The Kier molecular flexibility index (Phi) is 6.19. The molecule has 1 heterocycles. The molecule has 1 aromatic heterocycles. The molecule has 10 heteroatoms. The van der Waals surface area contributed by atoms with Crippen molar-refractivity contribution in [2.45, 2.75) is 24.3 Å². The quantitative estimate of drug-likeness (QED) is 0.549. The number of esters is 1. The van der Waals surface area contributed by atoms with Crippen molar-refractivity contribution in [2.24, 2.45) is 0 Å². The van der Waals surface area contributed by atoms with Crippen LogP contribution >= 0.6 is 22.9 Å². The molecule has 0 aliphatic carbocycles. The highest BCUT2D eigenvalue weighted by Crippen LogP contribution is 2.28. The average molecular weight is 441 g/mol. The van der Waals surface area contributed by atoms with E-state index < -0.39 is 22.0 Å². The number of nitrogens with one attached hydrogen (secondary N) is 2. The Morgan fingerprint density at radius 1 is 1.29 bits per heavy atom. The first-order valence-corrected chi connectivity index (χ1v) is 11.0. The zero-order valence-corrected chi connectivity index (χ0v) is 17.2. The van der Waals surface area contributed by atoms with Crippen molar-refractivity contribution in [3.05, 3.63) is 62.7 Å². The van der Waals surface area contributed by atoms with Gasteiger partial charge in [-0.15, -0.1) is 0 Å². The number of fused-ring (bicyclic) bond motifs is 1. The summed E-state index contributed by atoms with van der Waals surface area (Å²) < 4.78 is 33.9. The monoisotopic (exact) mass is 440 g/mol. The largest absolute Gasteiger partial charge is 0.466 e. The molecular formula is C18H17ClN2O5S2. The second-order valence-corrected chi connectivity index (χ2v) is 9.01. The van der Waals surface area contributed by atoms with Crippen molar-refractivity contribution in [1.82, 2.24) is 9.71 Å². The summed E-state index contributed by atoms with van der Waals surface area (Å²) in [7, 11) is -3.99. The van der Waals surface area contributed by atoms with E-state index in [2.05, 4.69) is 9.71 Å². The molecule has 0 fully saturated rings. The summed E-state index contributed by atoms with van der Waals surface area (Å²) in [6, 6.07) is 10.1. The highest BCUT2D eigenvalue weighted by molar-refractivity contribution is 7.89. The van der Waals surface area contributed by atoms with Gasteiger partial charge in [-0.25, -0.2) is 13.1 Å². The molecule has 2 N–H and O–H groups in total. The second kappa shape index (κ2) is 8.44. The molecule has 0 bridgehead atoms. The molecule has 3 rings (SSSR count). The van der Waals surface area contributed by atoms with E-state index in [1.54, 1.807) is 31.2 Å². The van der Waals surface area contributed by atoms with Crippen LogP contribution in [0.25, 0.3) is 10.2 Å². The lowest BCUT2D eigenvalue weighted by Crippen LogP contribution is -2.31. The third kappa shape index (κ3) is 4.61. The number of hydrogen-bond donors (Lipinski definition) is 2. The van der Waals surface area contributed by atoms with Gasteiger partial charge in [0.25, 0.3) is 0 Å². The van der Waals surface area contributed by atoms with E-state index >= 15 is 0 Å². The first-order valence-electron chi connectivity index (χ1n) is 8.35. The smallest absolute Gasteiger partial charge is 0.307 e. The van der Waals surface area contributed by atoms with Crippen LogP contribution in [0.3, 0.4) is 0 Å². The number of sulfonamides is 1. The van der Waals surface area contributed by atoms with Crippen LogP contribution in [-0.4, -0.2) is 26.0 Å². The van der Waals surface area contributed by atoms with Gasteiger partial charge in [-0.05, 0) is 36.8 Å². The van der Waals surface area contributed by atoms with Crippen molar-refractivity contribution < 1.29 is 17.9 Å². The molecule has 148 valence electrons. The highest BCUT2D eigenvalue weighted by atomic mass is 35.5. The fourth-order valence-corrected chi connectivity index (χ4v) is 5.07. The van der Waals surface area contributed by atoms with E-state index in [-0.39, 0.29) is 22.8 Å². The van der Waals surface area contributed by atoms with Gasteiger partial charge in [-0.3, -0.25) is 9.59 Å². The maximum Gasteiger partial charge on any atom is 0.307 e. The SMILES string of the molecule is CCOC(=O)CC(NS(=O)(=O)c1ccc2[nH]c(=O)sc2c1)c1ccccc1Cl. The summed E-state index contributed by atoms with van der Waals surface area (Å²) in [5, 5.41) is 0.332. The van der Waals surface area contributed by atoms with Crippen molar-refractivity contribution in [1.29, 1.82) is 0 Å². The van der Waals surface area contributed by atoms with E-state index in [0.717, 1.165) is 11.3 Å². The number of aromatic nitrogens is 1. The summed E-state index contributed by atoms with van der Waals surface area (Å²) in [6.07, 6.45) is -0.212. The number of rotatable bonds is 7. The molecule has 0 saturated carbocycles. The lowest BCUT2D eigenvalue weighted by Gasteiger charge is -2.19. The van der Waals surface area contributed by atoms with Gasteiger partial charge in [-0.2, -0.15) is 0 Å². The fourth-order valence-electron chi connectivity index (χ4n) is 2.71. The van der Waals surface area contributed by atoms with Gasteiger partial charge in [0, 0.05) is 5.02 Å². The van der Waals surface area contributed by atoms with Gasteiger partial charge in [0.05, 0.1) is 34.2 Å². The lowest BCUT2D eigenvalue weighted by molar-refractivity contribution is -0.143. The van der Waals surface area contributed by atoms with Crippen LogP contribution in [0, 0.1) is 0 Å². The third-order valence-corrected chi connectivity index (χ3v) is 6.62. The first kappa shape index (κ1) is 20.5. The summed E-state index contributed by atoms with van der Waals surface area (Å²) >= 11 is 7.13. The maximum absolute atomic E-state index is 12.9. The Labute approximate surface area is 170 Å². The Morgan fingerprint density at radius 2 is 2.04 bits per heavy atom. The van der Waals surface area contributed by atoms with Gasteiger partial charge in [0.1, 0.15) is 0 Å². The van der Waals surface area contributed by atoms with E-state index in [9.17, 15) is 18.0 Å². The number of hydrogen-bond acceptors (Lipinski definition) is 6. The van der Waals surface area contributed by atoms with Gasteiger partial charge in [0.2, 0.25) is 10.0 Å². The number of H-pyrrole nitrogens is 1. The summed E-state index contributed by atoms with van der Waals surface area (Å²) in [4.78, 5) is 25.8. The standard InChI is InChI=1S/C18H17ClN2O5S2/c1-2-26-17(22)10-15(12-5-3-4-6-13(12)19)21-28(24,25)11-7-8-14-16(9-11)27-18(23)20-14/h3-9,15,21H,2,10H2,1H3,(H,20,23). The van der Waals surface area contributed by atoms with Crippen LogP contribution in [-0.2, 0) is 19.6 Å². The zero-order chi connectivity index (χ0) is 20.3. The fraction of sp³-hybridized carbons (Fsp3) is 0.222. The Bertz CT molecular complexity index is 1170. The number of ether oxygens (including phenoxy) is 1. The summed E-state index contributed by atoms with van der Waals surface area (Å²) in [5.41, 5.74) is 1.02. The lowest BCUT2D eigenvalue weighted by atomic mass is 10.1. The Balaban J connectivity index is 1.96. The minimum atomic E-state index is -3.99. The first-order chi connectivity index (χ1) is 13.3. The van der Waals surface area contributed by atoms with Crippen LogP contribution in [0.2, 0.25) is 5.02 Å². The van der Waals surface area contributed by atoms with E-state index in [1.807, 2.05) is 0 Å². The van der Waals surface area contributed by atoms with Gasteiger partial charge in [-0.1, -0.05) is 41.1 Å². The number of carbonyl (C=O) groups is 1.